The first-order valence-corrected chi connectivity index (χ1v) is 7.07. The van der Waals surface area contributed by atoms with Gasteiger partial charge in [0.2, 0.25) is 0 Å². The molecule has 1 aromatic rings. The number of hydrogen-bond acceptors (Lipinski definition) is 3. The lowest BCUT2D eigenvalue weighted by Gasteiger charge is -2.22. The van der Waals surface area contributed by atoms with Gasteiger partial charge in [-0.25, -0.2) is 0 Å². The minimum absolute atomic E-state index is 0.00252. The summed E-state index contributed by atoms with van der Waals surface area (Å²) >= 11 is 7.69. The van der Waals surface area contributed by atoms with E-state index >= 15 is 0 Å². The number of phenols is 1. The molecule has 17 heavy (non-hydrogen) atoms. The zero-order valence-electron chi connectivity index (χ0n) is 9.28. The summed E-state index contributed by atoms with van der Waals surface area (Å²) in [4.78, 5) is 11.9. The molecule has 2 rings (SSSR count). The molecule has 1 aliphatic rings. The largest absolute Gasteiger partial charge is 0.506 e. The number of nitrogens with one attached hydrogen (secondary N) is 1. The average molecular weight is 272 g/mol. The number of halogens is 1. The molecule has 5 heteroatoms. The zero-order valence-corrected chi connectivity index (χ0v) is 10.9. The van der Waals surface area contributed by atoms with Crippen LogP contribution >= 0.6 is 23.4 Å². The molecule has 2 N–H and O–H groups in total. The molecular formula is C12H14ClNO2S. The molecule has 0 atom stereocenters. The molecular weight excluding hydrogens is 258 g/mol. The van der Waals surface area contributed by atoms with Gasteiger partial charge in [-0.15, -0.1) is 0 Å². The second-order valence-corrected chi connectivity index (χ2v) is 5.66. The molecule has 0 aliphatic carbocycles. The molecule has 0 bridgehead atoms. The van der Waals surface area contributed by atoms with E-state index in [1.807, 2.05) is 11.8 Å². The van der Waals surface area contributed by atoms with Crippen molar-refractivity contribution in [3.8, 4) is 5.75 Å². The van der Waals surface area contributed by atoms with E-state index in [1.165, 1.54) is 12.1 Å². The molecule has 0 radical (unpaired) electrons. The van der Waals surface area contributed by atoms with E-state index in [1.54, 1.807) is 6.07 Å². The highest BCUT2D eigenvalue weighted by Gasteiger charge is 2.17. The summed E-state index contributed by atoms with van der Waals surface area (Å²) in [5.74, 6) is 2.07. The molecule has 1 aliphatic heterocycles. The minimum Gasteiger partial charge on any atom is -0.506 e. The maximum absolute atomic E-state index is 11.9. The van der Waals surface area contributed by atoms with Crippen LogP contribution in [0.15, 0.2) is 18.2 Å². The normalized spacial score (nSPS) is 16.8. The van der Waals surface area contributed by atoms with Crippen LogP contribution in [0.1, 0.15) is 23.2 Å². The number of aromatic hydroxyl groups is 1. The minimum atomic E-state index is -0.121. The Hall–Kier alpha value is -0.870. The Bertz CT molecular complexity index is 419. The van der Waals surface area contributed by atoms with Crippen LogP contribution in [0, 0.1) is 0 Å². The molecule has 0 spiro atoms. The molecule has 3 nitrogen and oxygen atoms in total. The third-order valence-electron chi connectivity index (χ3n) is 2.77. The van der Waals surface area contributed by atoms with Crippen LogP contribution in [0.5, 0.6) is 5.75 Å². The lowest BCUT2D eigenvalue weighted by molar-refractivity contribution is 0.0935. The fourth-order valence-electron chi connectivity index (χ4n) is 1.76. The topological polar surface area (TPSA) is 49.3 Å². The molecule has 1 saturated heterocycles. The molecule has 1 aromatic carbocycles. The van der Waals surface area contributed by atoms with Gasteiger partial charge in [-0.05, 0) is 42.5 Å². The highest BCUT2D eigenvalue weighted by atomic mass is 35.5. The summed E-state index contributed by atoms with van der Waals surface area (Å²) in [5.41, 5.74) is 0.492. The Morgan fingerprint density at radius 1 is 1.41 bits per heavy atom. The molecule has 92 valence electrons. The van der Waals surface area contributed by atoms with E-state index in [0.717, 1.165) is 24.3 Å². The van der Waals surface area contributed by atoms with Gasteiger partial charge in [0.15, 0.2) is 0 Å². The van der Waals surface area contributed by atoms with Gasteiger partial charge in [-0.1, -0.05) is 11.6 Å². The van der Waals surface area contributed by atoms with Crippen LogP contribution in [0.3, 0.4) is 0 Å². The highest BCUT2D eigenvalue weighted by Crippen LogP contribution is 2.24. The number of carbonyl (C=O) groups is 1. The van der Waals surface area contributed by atoms with Crippen molar-refractivity contribution in [2.24, 2.45) is 0 Å². The Balaban J connectivity index is 2.01. The van der Waals surface area contributed by atoms with Crippen molar-refractivity contribution < 1.29 is 9.90 Å². The zero-order chi connectivity index (χ0) is 12.3. The summed E-state index contributed by atoms with van der Waals surface area (Å²) in [6.45, 7) is 0. The number of hydrogen-bond donors (Lipinski definition) is 2. The van der Waals surface area contributed by atoms with Crippen LogP contribution in [0.25, 0.3) is 0 Å². The van der Waals surface area contributed by atoms with Crippen LogP contribution in [0.4, 0.5) is 0 Å². The van der Waals surface area contributed by atoms with Gasteiger partial charge in [0, 0.05) is 11.6 Å². The van der Waals surface area contributed by atoms with Gasteiger partial charge >= 0.3 is 0 Å². The first-order chi connectivity index (χ1) is 8.16. The smallest absolute Gasteiger partial charge is 0.251 e. The molecule has 0 unspecified atom stereocenters. The molecule has 1 heterocycles. The monoisotopic (exact) mass is 271 g/mol. The maximum Gasteiger partial charge on any atom is 0.251 e. The summed E-state index contributed by atoms with van der Waals surface area (Å²) in [5, 5.41) is 12.5. The Labute approximate surface area is 110 Å². The molecule has 0 aromatic heterocycles. The number of phenolic OH excluding ortho intramolecular Hbond substituents is 1. The van der Waals surface area contributed by atoms with E-state index < -0.39 is 0 Å². The molecule has 1 fully saturated rings. The van der Waals surface area contributed by atoms with Gasteiger partial charge in [-0.2, -0.15) is 11.8 Å². The van der Waals surface area contributed by atoms with Crippen molar-refractivity contribution in [1.29, 1.82) is 0 Å². The van der Waals surface area contributed by atoms with Crippen molar-refractivity contribution in [2.45, 2.75) is 18.9 Å². The van der Waals surface area contributed by atoms with E-state index in [2.05, 4.69) is 5.32 Å². The van der Waals surface area contributed by atoms with Gasteiger partial charge in [0.1, 0.15) is 5.75 Å². The van der Waals surface area contributed by atoms with E-state index in [-0.39, 0.29) is 22.7 Å². The quantitative estimate of drug-likeness (QED) is 0.869. The van der Waals surface area contributed by atoms with Crippen molar-refractivity contribution in [3.05, 3.63) is 28.8 Å². The number of benzene rings is 1. The van der Waals surface area contributed by atoms with Gasteiger partial charge < -0.3 is 10.4 Å². The fraction of sp³-hybridized carbons (Fsp3) is 0.417. The SMILES string of the molecule is O=C(NC1CCSCC1)c1ccc(O)c(Cl)c1. The lowest BCUT2D eigenvalue weighted by atomic mass is 10.1. The predicted molar refractivity (Wildman–Crippen MR) is 70.9 cm³/mol. The van der Waals surface area contributed by atoms with E-state index in [4.69, 9.17) is 11.6 Å². The fourth-order valence-corrected chi connectivity index (χ4v) is 3.05. The molecule has 1 amide bonds. The summed E-state index contributed by atoms with van der Waals surface area (Å²) < 4.78 is 0. The summed E-state index contributed by atoms with van der Waals surface area (Å²) in [6.07, 6.45) is 2.03. The van der Waals surface area contributed by atoms with Crippen molar-refractivity contribution in [2.75, 3.05) is 11.5 Å². The van der Waals surface area contributed by atoms with Gasteiger partial charge in [0.05, 0.1) is 5.02 Å². The predicted octanol–water partition coefficient (Wildman–Crippen LogP) is 2.67. The molecule has 0 saturated carbocycles. The number of thioether (sulfide) groups is 1. The number of carbonyl (C=O) groups excluding carboxylic acids is 1. The first kappa shape index (κ1) is 12.6. The third-order valence-corrected chi connectivity index (χ3v) is 4.12. The third kappa shape index (κ3) is 3.30. The average Bonchev–Trinajstić information content (AvgIpc) is 2.34. The van der Waals surface area contributed by atoms with Gasteiger partial charge in [0.25, 0.3) is 5.91 Å². The van der Waals surface area contributed by atoms with Crippen molar-refractivity contribution >= 4 is 29.3 Å². The summed E-state index contributed by atoms with van der Waals surface area (Å²) in [7, 11) is 0. The van der Waals surface area contributed by atoms with Crippen LogP contribution in [-0.2, 0) is 0 Å². The standard InChI is InChI=1S/C12H14ClNO2S/c13-10-7-8(1-2-11(10)15)12(16)14-9-3-5-17-6-4-9/h1-2,7,9,15H,3-6H2,(H,14,16). The van der Waals surface area contributed by atoms with E-state index in [9.17, 15) is 9.90 Å². The van der Waals surface area contributed by atoms with Gasteiger partial charge in [-0.3, -0.25) is 4.79 Å². The second-order valence-electron chi connectivity index (χ2n) is 4.03. The lowest BCUT2D eigenvalue weighted by Crippen LogP contribution is -2.37. The first-order valence-electron chi connectivity index (χ1n) is 5.54. The number of rotatable bonds is 2. The highest BCUT2D eigenvalue weighted by molar-refractivity contribution is 7.99. The number of amides is 1. The van der Waals surface area contributed by atoms with Crippen LogP contribution < -0.4 is 5.32 Å². The second kappa shape index (κ2) is 5.65. The van der Waals surface area contributed by atoms with Crippen LogP contribution in [0.2, 0.25) is 5.02 Å². The van der Waals surface area contributed by atoms with Crippen LogP contribution in [-0.4, -0.2) is 28.6 Å². The van der Waals surface area contributed by atoms with E-state index in [0.29, 0.717) is 5.56 Å². The Morgan fingerprint density at radius 2 is 2.12 bits per heavy atom. The van der Waals surface area contributed by atoms with Crippen molar-refractivity contribution in [3.63, 3.8) is 0 Å². The summed E-state index contributed by atoms with van der Waals surface area (Å²) in [6, 6.07) is 4.77. The Morgan fingerprint density at radius 3 is 2.76 bits per heavy atom. The maximum atomic E-state index is 11.9. The Kier molecular flexibility index (Phi) is 4.18. The van der Waals surface area contributed by atoms with Crippen molar-refractivity contribution in [1.82, 2.24) is 5.32 Å².